The zero-order valence-corrected chi connectivity index (χ0v) is 23.6. The van der Waals surface area contributed by atoms with Crippen molar-refractivity contribution in [2.75, 3.05) is 0 Å². The molecule has 26 heavy (non-hydrogen) atoms. The molecule has 0 N–H and O–H groups in total. The Morgan fingerprint density at radius 2 is 0.731 bits per heavy atom. The lowest BCUT2D eigenvalue weighted by Crippen LogP contribution is -2.57. The van der Waals surface area contributed by atoms with E-state index in [1.807, 2.05) is 0 Å². The Hall–Kier alpha value is -0.192. The van der Waals surface area contributed by atoms with Crippen LogP contribution in [0.4, 0.5) is 0 Å². The van der Waals surface area contributed by atoms with E-state index >= 15 is 0 Å². The summed E-state index contributed by atoms with van der Waals surface area (Å²) in [5.74, 6) is 0. The Morgan fingerprint density at radius 3 is 0.923 bits per heavy atom. The third kappa shape index (κ3) is 6.76. The van der Waals surface area contributed by atoms with E-state index in [1.165, 1.54) is 24.3 Å². The highest BCUT2D eigenvalue weighted by Crippen LogP contribution is 2.25. The van der Waals surface area contributed by atoms with Gasteiger partial charge >= 0.3 is 0 Å². The van der Waals surface area contributed by atoms with Gasteiger partial charge < -0.3 is 8.68 Å². The summed E-state index contributed by atoms with van der Waals surface area (Å²) in [4.78, 5) is 0. The molecule has 1 rings (SSSR count). The summed E-state index contributed by atoms with van der Waals surface area (Å²) in [5.41, 5.74) is 2.56. The number of nitrogens with zero attached hydrogens (tertiary/aromatic N) is 4. The van der Waals surface area contributed by atoms with Gasteiger partial charge in [-0.1, -0.05) is 78.6 Å². The lowest BCUT2D eigenvalue weighted by Gasteiger charge is -2.43. The van der Waals surface area contributed by atoms with Crippen LogP contribution in [-0.4, -0.2) is 53.0 Å². The summed E-state index contributed by atoms with van der Waals surface area (Å²) in [6.45, 7) is 29.1. The standard InChI is InChI=1S/C18H44N4Si4/c1-23(2,3)21(24(4,5)6)19-17-15-13-14-16-18(17)20-22(25(7,8)9)26(10,11)12/h13-16H2,1-12H3. The average Bonchev–Trinajstić information content (AvgIpc) is 2.38. The van der Waals surface area contributed by atoms with Gasteiger partial charge in [-0.15, -0.1) is 0 Å². The molecule has 4 nitrogen and oxygen atoms in total. The molecule has 0 heterocycles. The second-order valence-electron chi connectivity index (χ2n) is 11.6. The molecule has 0 amide bonds. The summed E-state index contributed by atoms with van der Waals surface area (Å²) in [6, 6.07) is 0. The second-order valence-corrected chi connectivity index (χ2v) is 31.6. The summed E-state index contributed by atoms with van der Waals surface area (Å²) in [6.07, 6.45) is 4.69. The molecular weight excluding hydrogens is 385 g/mol. The Labute approximate surface area is 167 Å². The SMILES string of the molecule is C[Si](C)(C)N(N=C1CCCCC1=NN([Si](C)(C)C)[Si](C)(C)C)[Si](C)(C)C. The summed E-state index contributed by atoms with van der Waals surface area (Å²) in [7, 11) is -5.97. The van der Waals surface area contributed by atoms with Gasteiger partial charge in [0.15, 0.2) is 32.9 Å². The number of hydrazone groups is 2. The molecule has 1 fully saturated rings. The molecule has 0 spiro atoms. The monoisotopic (exact) mass is 428 g/mol. The second kappa shape index (κ2) is 8.04. The third-order valence-electron chi connectivity index (χ3n) is 4.39. The molecule has 0 aliphatic heterocycles. The fourth-order valence-corrected chi connectivity index (χ4v) is 21.7. The zero-order chi connectivity index (χ0) is 20.6. The van der Waals surface area contributed by atoms with Crippen molar-refractivity contribution < 1.29 is 0 Å². The van der Waals surface area contributed by atoms with Gasteiger partial charge in [0.2, 0.25) is 0 Å². The summed E-state index contributed by atoms with van der Waals surface area (Å²) >= 11 is 0. The first-order chi connectivity index (χ1) is 11.4. The zero-order valence-electron chi connectivity index (χ0n) is 19.6. The Balaban J connectivity index is 3.40. The summed E-state index contributed by atoms with van der Waals surface area (Å²) < 4.78 is 5.12. The number of hydrogen-bond acceptors (Lipinski definition) is 4. The van der Waals surface area contributed by atoms with Gasteiger partial charge in [0.05, 0.1) is 11.4 Å². The van der Waals surface area contributed by atoms with Gasteiger partial charge in [-0.2, -0.15) is 10.2 Å². The summed E-state index contributed by atoms with van der Waals surface area (Å²) in [5, 5.41) is 10.6. The van der Waals surface area contributed by atoms with E-state index in [1.54, 1.807) is 0 Å². The average molecular weight is 429 g/mol. The van der Waals surface area contributed by atoms with Crippen LogP contribution in [0.1, 0.15) is 25.7 Å². The molecule has 0 aromatic heterocycles. The minimum Gasteiger partial charge on any atom is -0.350 e. The topological polar surface area (TPSA) is 31.2 Å². The van der Waals surface area contributed by atoms with Crippen LogP contribution in [0.2, 0.25) is 78.6 Å². The fourth-order valence-electron chi connectivity index (χ4n) is 3.94. The fraction of sp³-hybridized carbons (Fsp3) is 0.889. The van der Waals surface area contributed by atoms with Crippen molar-refractivity contribution in [1.82, 2.24) is 8.68 Å². The minimum atomic E-state index is -1.49. The van der Waals surface area contributed by atoms with Crippen molar-refractivity contribution in [2.45, 2.75) is 104 Å². The molecule has 8 heteroatoms. The Kier molecular flexibility index (Phi) is 7.38. The lowest BCUT2D eigenvalue weighted by molar-refractivity contribution is 0.640. The highest BCUT2D eigenvalue weighted by Gasteiger charge is 2.36. The first-order valence-corrected chi connectivity index (χ1v) is 24.0. The third-order valence-corrected chi connectivity index (χ3v) is 17.9. The molecule has 0 unspecified atom stereocenters. The van der Waals surface area contributed by atoms with Crippen molar-refractivity contribution in [3.05, 3.63) is 0 Å². The highest BCUT2D eigenvalue weighted by atomic mass is 28.4. The number of rotatable bonds is 6. The van der Waals surface area contributed by atoms with Crippen molar-refractivity contribution in [1.29, 1.82) is 0 Å². The quantitative estimate of drug-likeness (QED) is 0.371. The largest absolute Gasteiger partial charge is 0.350 e. The predicted octanol–water partition coefficient (Wildman–Crippen LogP) is 6.22. The smallest absolute Gasteiger partial charge is 0.158 e. The van der Waals surface area contributed by atoms with Crippen molar-refractivity contribution in [3.63, 3.8) is 0 Å². The van der Waals surface area contributed by atoms with Crippen molar-refractivity contribution in [3.8, 4) is 0 Å². The van der Waals surface area contributed by atoms with Gasteiger partial charge in [-0.3, -0.25) is 0 Å². The molecule has 0 bridgehead atoms. The Morgan fingerprint density at radius 1 is 0.500 bits per heavy atom. The molecule has 152 valence electrons. The molecule has 0 aromatic rings. The van der Waals surface area contributed by atoms with Crippen molar-refractivity contribution >= 4 is 44.4 Å². The predicted molar refractivity (Wildman–Crippen MR) is 130 cm³/mol. The molecule has 1 aliphatic rings. The van der Waals surface area contributed by atoms with Gasteiger partial charge in [-0.05, 0) is 25.7 Å². The van der Waals surface area contributed by atoms with Crippen LogP contribution in [-0.2, 0) is 0 Å². The van der Waals surface area contributed by atoms with Crippen LogP contribution in [0.15, 0.2) is 10.2 Å². The van der Waals surface area contributed by atoms with Gasteiger partial charge in [0, 0.05) is 0 Å². The highest BCUT2D eigenvalue weighted by molar-refractivity contribution is 6.90. The maximum Gasteiger partial charge on any atom is 0.158 e. The maximum absolute atomic E-state index is 5.32. The van der Waals surface area contributed by atoms with Crippen LogP contribution in [0.25, 0.3) is 0 Å². The van der Waals surface area contributed by atoms with E-state index in [2.05, 4.69) is 87.2 Å². The van der Waals surface area contributed by atoms with Crippen LogP contribution >= 0.6 is 0 Å². The van der Waals surface area contributed by atoms with Gasteiger partial charge in [-0.25, -0.2) is 0 Å². The van der Waals surface area contributed by atoms with E-state index in [0.717, 1.165) is 12.8 Å². The lowest BCUT2D eigenvalue weighted by atomic mass is 9.96. The van der Waals surface area contributed by atoms with Crippen LogP contribution < -0.4 is 0 Å². The molecule has 0 atom stereocenters. The van der Waals surface area contributed by atoms with Gasteiger partial charge in [0.1, 0.15) is 0 Å². The van der Waals surface area contributed by atoms with E-state index in [4.69, 9.17) is 10.2 Å². The molecule has 1 aliphatic carbocycles. The maximum atomic E-state index is 5.32. The van der Waals surface area contributed by atoms with E-state index < -0.39 is 32.9 Å². The Bertz CT molecular complexity index is 467. The van der Waals surface area contributed by atoms with Crippen molar-refractivity contribution in [2.24, 2.45) is 10.2 Å². The van der Waals surface area contributed by atoms with E-state index in [9.17, 15) is 0 Å². The normalized spacial score (nSPS) is 20.6. The van der Waals surface area contributed by atoms with Gasteiger partial charge in [0.25, 0.3) is 0 Å². The van der Waals surface area contributed by atoms with Crippen LogP contribution in [0.5, 0.6) is 0 Å². The van der Waals surface area contributed by atoms with E-state index in [0.29, 0.717) is 0 Å². The molecule has 0 radical (unpaired) electrons. The van der Waals surface area contributed by atoms with Crippen LogP contribution in [0, 0.1) is 0 Å². The molecule has 0 saturated heterocycles. The van der Waals surface area contributed by atoms with E-state index in [-0.39, 0.29) is 0 Å². The first kappa shape index (κ1) is 23.8. The molecule has 0 aromatic carbocycles. The molecular formula is C18H44N4Si4. The molecule has 1 saturated carbocycles. The first-order valence-electron chi connectivity index (χ1n) is 10.2. The minimum absolute atomic E-state index is 1.09. The van der Waals surface area contributed by atoms with Crippen LogP contribution in [0.3, 0.4) is 0 Å². The number of hydrogen-bond donors (Lipinski definition) is 0.